The molecule has 1 heteroatoms. The topological polar surface area (TPSA) is 9.23 Å². The minimum atomic E-state index is 0.304. The van der Waals surface area contributed by atoms with Crippen LogP contribution in [0.3, 0.4) is 0 Å². The molecule has 0 N–H and O–H groups in total. The van der Waals surface area contributed by atoms with E-state index < -0.39 is 0 Å². The van der Waals surface area contributed by atoms with Gasteiger partial charge < -0.3 is 4.74 Å². The Morgan fingerprint density at radius 3 is 2.86 bits per heavy atom. The number of ether oxygens (including phenoxy) is 1. The summed E-state index contributed by atoms with van der Waals surface area (Å²) in [6, 6.07) is 0. The normalized spacial score (nSPS) is 40.3. The Morgan fingerprint density at radius 2 is 2.21 bits per heavy atom. The second-order valence-corrected chi connectivity index (χ2v) is 5.10. The summed E-state index contributed by atoms with van der Waals surface area (Å²) in [5.41, 5.74) is 1.81. The van der Waals surface area contributed by atoms with Crippen LogP contribution >= 0.6 is 0 Å². The summed E-state index contributed by atoms with van der Waals surface area (Å²) in [7, 11) is 0. The molecule has 1 nitrogen and oxygen atoms in total. The van der Waals surface area contributed by atoms with Crippen molar-refractivity contribution in [3.63, 3.8) is 0 Å². The minimum absolute atomic E-state index is 0.304. The first kappa shape index (κ1) is 9.97. The number of hydrogen-bond donors (Lipinski definition) is 0. The van der Waals surface area contributed by atoms with E-state index in [2.05, 4.69) is 45.9 Å². The molecule has 2 aliphatic rings. The highest BCUT2D eigenvalue weighted by Crippen LogP contribution is 2.51. The van der Waals surface area contributed by atoms with Crippen molar-refractivity contribution in [1.82, 2.24) is 0 Å². The van der Waals surface area contributed by atoms with E-state index in [9.17, 15) is 0 Å². The van der Waals surface area contributed by atoms with Gasteiger partial charge in [0.15, 0.2) is 0 Å². The van der Waals surface area contributed by atoms with Crippen LogP contribution in [-0.4, -0.2) is 12.2 Å². The Hall–Kier alpha value is -0.560. The van der Waals surface area contributed by atoms with Gasteiger partial charge in [-0.15, -0.1) is 0 Å². The van der Waals surface area contributed by atoms with Crippen LogP contribution < -0.4 is 0 Å². The molecule has 0 aromatic heterocycles. The Balaban J connectivity index is 2.35. The molecule has 2 bridgehead atoms. The van der Waals surface area contributed by atoms with E-state index in [-0.39, 0.29) is 0 Å². The molecule has 0 aromatic rings. The lowest BCUT2D eigenvalue weighted by molar-refractivity contribution is 0.0407. The Morgan fingerprint density at radius 1 is 1.50 bits per heavy atom. The first-order chi connectivity index (χ1) is 6.57. The lowest BCUT2D eigenvalue weighted by Gasteiger charge is -2.35. The van der Waals surface area contributed by atoms with Crippen molar-refractivity contribution in [2.45, 2.75) is 46.3 Å². The van der Waals surface area contributed by atoms with Crippen molar-refractivity contribution >= 4 is 0 Å². The van der Waals surface area contributed by atoms with Crippen LogP contribution in [-0.2, 0) is 4.74 Å². The Kier molecular flexibility index (Phi) is 2.30. The number of rotatable bonds is 1. The monoisotopic (exact) mass is 192 g/mol. The standard InChI is InChI=1S/C13H20O/c1-5-6-10-12-9(2)7-8-11(14-10)13(12,3)4/h5-7,10-12H,8H2,1-4H3/b6-5-. The van der Waals surface area contributed by atoms with Gasteiger partial charge in [-0.25, -0.2) is 0 Å². The van der Waals surface area contributed by atoms with Gasteiger partial charge in [0.2, 0.25) is 0 Å². The largest absolute Gasteiger partial charge is 0.369 e. The number of fused-ring (bicyclic) bond motifs is 2. The van der Waals surface area contributed by atoms with Crippen molar-refractivity contribution in [2.75, 3.05) is 0 Å². The summed E-state index contributed by atoms with van der Waals surface area (Å²) in [5, 5.41) is 0. The fourth-order valence-corrected chi connectivity index (χ4v) is 3.04. The van der Waals surface area contributed by atoms with Gasteiger partial charge in [0, 0.05) is 11.3 Å². The van der Waals surface area contributed by atoms with Crippen LogP contribution in [0.25, 0.3) is 0 Å². The van der Waals surface area contributed by atoms with Crippen LogP contribution in [0.5, 0.6) is 0 Å². The molecule has 1 aliphatic heterocycles. The predicted molar refractivity (Wildman–Crippen MR) is 59.1 cm³/mol. The van der Waals surface area contributed by atoms with E-state index in [1.807, 2.05) is 0 Å². The highest BCUT2D eigenvalue weighted by Gasteiger charge is 2.51. The van der Waals surface area contributed by atoms with Crippen molar-refractivity contribution < 1.29 is 4.74 Å². The SMILES string of the molecule is C/C=C\C1OC2CC=C(C)C1C2(C)C. The van der Waals surface area contributed by atoms with Gasteiger partial charge in [-0.05, 0) is 20.3 Å². The van der Waals surface area contributed by atoms with Gasteiger partial charge in [0.1, 0.15) is 0 Å². The molecule has 1 heterocycles. The third kappa shape index (κ3) is 1.26. The smallest absolute Gasteiger partial charge is 0.0831 e. The number of allylic oxidation sites excluding steroid dienone is 1. The van der Waals surface area contributed by atoms with Crippen LogP contribution in [0.2, 0.25) is 0 Å². The maximum atomic E-state index is 6.07. The van der Waals surface area contributed by atoms with E-state index in [0.29, 0.717) is 23.5 Å². The van der Waals surface area contributed by atoms with Crippen LogP contribution in [0.4, 0.5) is 0 Å². The molecular formula is C13H20O. The van der Waals surface area contributed by atoms with Crippen LogP contribution in [0.1, 0.15) is 34.1 Å². The van der Waals surface area contributed by atoms with E-state index in [0.717, 1.165) is 6.42 Å². The minimum Gasteiger partial charge on any atom is -0.369 e. The molecular weight excluding hydrogens is 172 g/mol. The fourth-order valence-electron chi connectivity index (χ4n) is 3.04. The zero-order valence-corrected chi connectivity index (χ0v) is 9.58. The summed E-state index contributed by atoms with van der Waals surface area (Å²) in [5.74, 6) is 0.581. The van der Waals surface area contributed by atoms with Gasteiger partial charge in [-0.3, -0.25) is 0 Å². The highest BCUT2D eigenvalue weighted by atomic mass is 16.5. The molecule has 0 aromatic carbocycles. The van der Waals surface area contributed by atoms with Crippen molar-refractivity contribution in [1.29, 1.82) is 0 Å². The van der Waals surface area contributed by atoms with Crippen molar-refractivity contribution in [3.8, 4) is 0 Å². The molecule has 1 fully saturated rings. The summed E-state index contributed by atoms with van der Waals surface area (Å²) < 4.78 is 6.07. The molecule has 3 atom stereocenters. The third-order valence-corrected chi connectivity index (χ3v) is 3.81. The second kappa shape index (κ2) is 3.23. The first-order valence-electron chi connectivity index (χ1n) is 5.52. The van der Waals surface area contributed by atoms with Gasteiger partial charge in [0.05, 0.1) is 12.2 Å². The van der Waals surface area contributed by atoms with Gasteiger partial charge in [-0.2, -0.15) is 0 Å². The maximum absolute atomic E-state index is 6.07. The summed E-state index contributed by atoms with van der Waals surface area (Å²) in [6.45, 7) is 8.98. The summed E-state index contributed by atoms with van der Waals surface area (Å²) in [6.07, 6.45) is 8.47. The fraction of sp³-hybridized carbons (Fsp3) is 0.692. The average molecular weight is 192 g/mol. The molecule has 14 heavy (non-hydrogen) atoms. The molecule has 0 spiro atoms. The number of hydrogen-bond acceptors (Lipinski definition) is 1. The Labute approximate surface area is 86.8 Å². The maximum Gasteiger partial charge on any atom is 0.0831 e. The molecule has 0 radical (unpaired) electrons. The van der Waals surface area contributed by atoms with Crippen molar-refractivity contribution in [3.05, 3.63) is 23.8 Å². The summed E-state index contributed by atoms with van der Waals surface area (Å²) >= 11 is 0. The van der Waals surface area contributed by atoms with Gasteiger partial charge >= 0.3 is 0 Å². The first-order valence-corrected chi connectivity index (χ1v) is 5.52. The molecule has 1 saturated heterocycles. The zero-order chi connectivity index (χ0) is 10.3. The molecule has 1 aliphatic carbocycles. The van der Waals surface area contributed by atoms with E-state index in [1.165, 1.54) is 5.57 Å². The predicted octanol–water partition coefficient (Wildman–Crippen LogP) is 3.32. The van der Waals surface area contributed by atoms with E-state index in [1.54, 1.807) is 0 Å². The lowest BCUT2D eigenvalue weighted by Crippen LogP contribution is -2.34. The van der Waals surface area contributed by atoms with Gasteiger partial charge in [0.25, 0.3) is 0 Å². The third-order valence-electron chi connectivity index (χ3n) is 3.81. The molecule has 3 unspecified atom stereocenters. The van der Waals surface area contributed by atoms with Crippen LogP contribution in [0.15, 0.2) is 23.8 Å². The zero-order valence-electron chi connectivity index (χ0n) is 9.58. The molecule has 0 saturated carbocycles. The van der Waals surface area contributed by atoms with E-state index >= 15 is 0 Å². The second-order valence-electron chi connectivity index (χ2n) is 5.10. The van der Waals surface area contributed by atoms with Gasteiger partial charge in [-0.1, -0.05) is 37.6 Å². The Bertz CT molecular complexity index is 286. The highest BCUT2D eigenvalue weighted by molar-refractivity contribution is 5.23. The van der Waals surface area contributed by atoms with Crippen molar-refractivity contribution in [2.24, 2.45) is 11.3 Å². The molecule has 78 valence electrons. The summed E-state index contributed by atoms with van der Waals surface area (Å²) in [4.78, 5) is 0. The molecule has 2 rings (SSSR count). The van der Waals surface area contributed by atoms with E-state index in [4.69, 9.17) is 4.74 Å². The molecule has 0 amide bonds. The average Bonchev–Trinajstić information content (AvgIpc) is 2.26. The lowest BCUT2D eigenvalue weighted by atomic mass is 9.67. The quantitative estimate of drug-likeness (QED) is 0.579. The van der Waals surface area contributed by atoms with Crippen LogP contribution in [0, 0.1) is 11.3 Å².